The van der Waals surface area contributed by atoms with Gasteiger partial charge in [0.1, 0.15) is 0 Å². The van der Waals surface area contributed by atoms with Crippen molar-refractivity contribution in [1.29, 1.82) is 0 Å². The number of nitrogens with one attached hydrogen (secondary N) is 2. The Kier molecular flexibility index (Phi) is 11.5. The number of urea groups is 2. The van der Waals surface area contributed by atoms with Crippen LogP contribution in [0.5, 0.6) is 0 Å². The van der Waals surface area contributed by atoms with Crippen molar-refractivity contribution in [2.75, 3.05) is 67.6 Å². The number of hydrogen-bond donors (Lipinski definition) is 4. The molecule has 6 N–H and O–H groups in total. The van der Waals surface area contributed by atoms with E-state index < -0.39 is 59.4 Å². The summed E-state index contributed by atoms with van der Waals surface area (Å²) in [4.78, 5) is 63.2. The second kappa shape index (κ2) is 16.9. The Morgan fingerprint density at radius 1 is 0.594 bits per heavy atom. The van der Waals surface area contributed by atoms with E-state index in [1.807, 2.05) is 11.9 Å². The third-order valence-electron chi connectivity index (χ3n) is 11.8. The molecule has 13 nitrogen and oxygen atoms in total. The Morgan fingerprint density at radius 3 is 1.33 bits per heavy atom. The molecule has 64 heavy (non-hydrogen) atoms. The predicted molar refractivity (Wildman–Crippen MR) is 226 cm³/mol. The van der Waals surface area contributed by atoms with Gasteiger partial charge in [-0.15, -0.1) is 0 Å². The van der Waals surface area contributed by atoms with Gasteiger partial charge in [0.25, 0.3) is 11.8 Å². The summed E-state index contributed by atoms with van der Waals surface area (Å²) in [6.07, 6.45) is -8.66. The molecule has 0 saturated carbocycles. The van der Waals surface area contributed by atoms with Gasteiger partial charge in [-0.3, -0.25) is 19.4 Å². The van der Waals surface area contributed by atoms with Crippen molar-refractivity contribution in [3.05, 3.63) is 142 Å². The number of hydrogen-bond acceptors (Lipinski definition) is 7. The van der Waals surface area contributed by atoms with Crippen LogP contribution >= 0.6 is 0 Å². The minimum atomic E-state index is -4.68. The minimum Gasteiger partial charge on any atom is -0.399 e. The number of carbonyl (C=O) groups excluding carboxylic acids is 4. The van der Waals surface area contributed by atoms with Crippen LogP contribution in [0.15, 0.2) is 120 Å². The zero-order chi connectivity index (χ0) is 45.7. The van der Waals surface area contributed by atoms with E-state index in [1.54, 1.807) is 48.5 Å². The van der Waals surface area contributed by atoms with Crippen LogP contribution in [-0.4, -0.2) is 84.9 Å². The largest absolute Gasteiger partial charge is 0.416 e. The van der Waals surface area contributed by atoms with Gasteiger partial charge in [-0.25, -0.2) is 9.59 Å². The van der Waals surface area contributed by atoms with E-state index in [4.69, 9.17) is 11.5 Å². The first-order valence-electron chi connectivity index (χ1n) is 20.4. The number of anilines is 4. The molecule has 0 spiro atoms. The van der Waals surface area contributed by atoms with Gasteiger partial charge in [0.2, 0.25) is 0 Å². The molecule has 334 valence electrons. The molecule has 4 aromatic rings. The Labute approximate surface area is 363 Å². The number of benzene rings is 4. The highest BCUT2D eigenvalue weighted by molar-refractivity contribution is 6.08. The van der Waals surface area contributed by atoms with Crippen molar-refractivity contribution in [1.82, 2.24) is 25.3 Å². The third-order valence-corrected chi connectivity index (χ3v) is 11.8. The highest BCUT2D eigenvalue weighted by atomic mass is 19.4. The summed E-state index contributed by atoms with van der Waals surface area (Å²) in [5, 5.41) is 5.48. The lowest BCUT2D eigenvalue weighted by Gasteiger charge is -2.42. The highest BCUT2D eigenvalue weighted by Gasteiger charge is 2.48. The summed E-state index contributed by atoms with van der Waals surface area (Å²) in [6.45, 7) is 0.807. The Balaban J connectivity index is 1.02. The van der Waals surface area contributed by atoms with Crippen LogP contribution < -0.4 is 31.9 Å². The molecule has 0 fully saturated rings. The van der Waals surface area contributed by atoms with Crippen molar-refractivity contribution in [3.8, 4) is 0 Å². The van der Waals surface area contributed by atoms with Crippen LogP contribution in [0.4, 0.5) is 58.7 Å². The fourth-order valence-corrected chi connectivity index (χ4v) is 8.76. The van der Waals surface area contributed by atoms with E-state index in [2.05, 4.69) is 10.6 Å². The number of nitrogens with two attached hydrogens (primary N) is 2. The van der Waals surface area contributed by atoms with Gasteiger partial charge in [0.05, 0.1) is 70.2 Å². The molecule has 0 aliphatic carbocycles. The van der Waals surface area contributed by atoms with Crippen LogP contribution in [0, 0.1) is 0 Å². The summed E-state index contributed by atoms with van der Waals surface area (Å²) in [6, 6.07) is 19.1. The fourth-order valence-electron chi connectivity index (χ4n) is 8.76. The lowest BCUT2D eigenvalue weighted by molar-refractivity contribution is -0.138. The molecule has 0 aromatic heterocycles. The van der Waals surface area contributed by atoms with Crippen LogP contribution in [0.2, 0.25) is 0 Å². The van der Waals surface area contributed by atoms with E-state index >= 15 is 0 Å². The number of halogens is 6. The molecular weight excluding hydrogens is 845 g/mol. The van der Waals surface area contributed by atoms with Crippen LogP contribution in [0.25, 0.3) is 0 Å². The standard InChI is InChI=1S/C45H43F6N9O4/c1-56(18-4-20-57-38(26-10-14-30(52)15-11-26)36-34(24-54-40(36)61)59(42(57)63)32-8-2-6-28(22-32)44(46,47)48)19-5-21-58-39(27-12-16-31(53)17-13-27)37-35(25-55-41(37)62)60(43(58)64)33-9-3-7-29(23-33)45(49,50)51/h2-3,6-17,22-23,38-39H,4-5,18-21,24-25,52-53H2,1H3,(H,54,61)(H,55,62). The molecule has 4 heterocycles. The normalized spacial score (nSPS) is 19.2. The first-order chi connectivity index (χ1) is 30.4. The Hall–Kier alpha value is -7.02. The van der Waals surface area contributed by atoms with Crippen LogP contribution in [-0.2, 0) is 21.9 Å². The number of nitrogen functional groups attached to an aromatic ring is 2. The summed E-state index contributed by atoms with van der Waals surface area (Å²) in [5.74, 6) is -0.921. The van der Waals surface area contributed by atoms with Gasteiger partial charge in [0.15, 0.2) is 0 Å². The fraction of sp³-hybridized carbons (Fsp3) is 0.289. The molecule has 4 aromatic carbocycles. The maximum Gasteiger partial charge on any atom is 0.416 e. The van der Waals surface area contributed by atoms with Gasteiger partial charge in [0, 0.05) is 24.5 Å². The molecule has 0 saturated heterocycles. The molecule has 6 amide bonds. The molecule has 4 aliphatic heterocycles. The average molecular weight is 888 g/mol. The van der Waals surface area contributed by atoms with Gasteiger partial charge in [-0.2, -0.15) is 26.3 Å². The highest BCUT2D eigenvalue weighted by Crippen LogP contribution is 2.44. The molecule has 19 heteroatoms. The minimum absolute atomic E-state index is 0.0455. The molecule has 0 radical (unpaired) electrons. The second-order valence-corrected chi connectivity index (χ2v) is 16.0. The predicted octanol–water partition coefficient (Wildman–Crippen LogP) is 7.04. The topological polar surface area (TPSA) is 161 Å². The number of rotatable bonds is 12. The maximum absolute atomic E-state index is 14.5. The summed E-state index contributed by atoms with van der Waals surface area (Å²) in [7, 11) is 1.82. The Bertz CT molecular complexity index is 2390. The molecule has 2 unspecified atom stereocenters. The van der Waals surface area contributed by atoms with Crippen LogP contribution in [0.3, 0.4) is 0 Å². The van der Waals surface area contributed by atoms with Crippen molar-refractivity contribution < 1.29 is 45.5 Å². The Morgan fingerprint density at radius 2 is 0.969 bits per heavy atom. The number of alkyl halides is 6. The number of carbonyl (C=O) groups is 4. The molecule has 8 rings (SSSR count). The summed E-state index contributed by atoms with van der Waals surface area (Å²) >= 11 is 0. The number of nitrogens with zero attached hydrogens (tertiary/aromatic N) is 5. The summed E-state index contributed by atoms with van der Waals surface area (Å²) < 4.78 is 83.0. The van der Waals surface area contributed by atoms with E-state index in [1.165, 1.54) is 34.1 Å². The van der Waals surface area contributed by atoms with E-state index in [0.29, 0.717) is 48.4 Å². The van der Waals surface area contributed by atoms with Crippen molar-refractivity contribution in [2.24, 2.45) is 0 Å². The number of amides is 6. The zero-order valence-corrected chi connectivity index (χ0v) is 34.3. The summed E-state index contributed by atoms with van der Waals surface area (Å²) in [5.41, 5.74) is 13.0. The molecule has 4 aliphatic rings. The SMILES string of the molecule is CN(CCCN1C(=O)N(c2cccc(C(F)(F)F)c2)C2=C(C(=O)NC2)C1c1ccc(N)cc1)CCCN1C(=O)N(c2cccc(C(F)(F)F)c2)C2=C(C(=O)NC2)C1c1ccc(N)cc1. The maximum atomic E-state index is 14.5. The average Bonchev–Trinajstić information content (AvgIpc) is 3.82. The first kappa shape index (κ1) is 43.6. The van der Waals surface area contributed by atoms with Crippen molar-refractivity contribution in [3.63, 3.8) is 0 Å². The first-order valence-corrected chi connectivity index (χ1v) is 20.4. The lowest BCUT2D eigenvalue weighted by atomic mass is 9.93. The second-order valence-electron chi connectivity index (χ2n) is 16.0. The van der Waals surface area contributed by atoms with Crippen LogP contribution in [0.1, 0.15) is 47.2 Å². The quantitative estimate of drug-likeness (QED) is 0.0878. The monoisotopic (exact) mass is 887 g/mol. The van der Waals surface area contributed by atoms with E-state index in [9.17, 15) is 45.5 Å². The third kappa shape index (κ3) is 8.29. The van der Waals surface area contributed by atoms with Crippen molar-refractivity contribution >= 4 is 46.6 Å². The zero-order valence-electron chi connectivity index (χ0n) is 34.3. The van der Waals surface area contributed by atoms with Gasteiger partial charge < -0.3 is 36.8 Å². The van der Waals surface area contributed by atoms with Crippen molar-refractivity contribution in [2.45, 2.75) is 37.3 Å². The van der Waals surface area contributed by atoms with Gasteiger partial charge in [-0.05, 0) is 105 Å². The molecular formula is C45H43F6N9O4. The van der Waals surface area contributed by atoms with E-state index in [0.717, 1.165) is 34.1 Å². The van der Waals surface area contributed by atoms with E-state index in [-0.39, 0.29) is 60.1 Å². The van der Waals surface area contributed by atoms with Gasteiger partial charge >= 0.3 is 24.4 Å². The molecule has 2 atom stereocenters. The smallest absolute Gasteiger partial charge is 0.399 e. The molecule has 0 bridgehead atoms. The van der Waals surface area contributed by atoms with Gasteiger partial charge in [-0.1, -0.05) is 36.4 Å². The lowest BCUT2D eigenvalue weighted by Crippen LogP contribution is -2.51.